The molecule has 156 valence electrons. The normalized spacial score (nSPS) is 17.4. The first-order valence-electron chi connectivity index (χ1n) is 10.8. The van der Waals surface area contributed by atoms with Crippen LogP contribution in [0.15, 0.2) is 48.5 Å². The number of amides is 1. The number of carbonyl (C=O) groups excluding carboxylic acids is 1. The van der Waals surface area contributed by atoms with Gasteiger partial charge in [-0.15, -0.1) is 0 Å². The number of carbonyl (C=O) groups is 1. The van der Waals surface area contributed by atoms with E-state index in [1.807, 2.05) is 36.4 Å². The summed E-state index contributed by atoms with van der Waals surface area (Å²) >= 11 is 0. The SMILES string of the molecule is N#Cc1ccccc1N1CCCN(CC(=O)Nc2ccc(N3CCCC3)cc2)CC1. The van der Waals surface area contributed by atoms with Gasteiger partial charge in [0, 0.05) is 50.6 Å². The number of para-hydroxylation sites is 1. The van der Waals surface area contributed by atoms with Crippen LogP contribution >= 0.6 is 0 Å². The van der Waals surface area contributed by atoms with Gasteiger partial charge in [0.1, 0.15) is 6.07 Å². The molecule has 2 aliphatic heterocycles. The first-order chi connectivity index (χ1) is 14.7. The van der Waals surface area contributed by atoms with Gasteiger partial charge in [-0.1, -0.05) is 12.1 Å². The van der Waals surface area contributed by atoms with Crippen molar-refractivity contribution in [2.24, 2.45) is 0 Å². The molecule has 2 saturated heterocycles. The largest absolute Gasteiger partial charge is 0.372 e. The number of rotatable bonds is 5. The molecule has 1 amide bonds. The lowest BCUT2D eigenvalue weighted by Gasteiger charge is -2.24. The van der Waals surface area contributed by atoms with Crippen molar-refractivity contribution in [1.82, 2.24) is 4.90 Å². The monoisotopic (exact) mass is 403 g/mol. The molecule has 4 rings (SSSR count). The number of nitrogens with one attached hydrogen (secondary N) is 1. The van der Waals surface area contributed by atoms with E-state index in [0.717, 1.165) is 57.1 Å². The van der Waals surface area contributed by atoms with Crippen LogP contribution < -0.4 is 15.1 Å². The molecule has 2 aromatic rings. The minimum atomic E-state index is 0.0230. The van der Waals surface area contributed by atoms with Crippen LogP contribution in [0.2, 0.25) is 0 Å². The molecule has 0 bridgehead atoms. The molecule has 0 aliphatic carbocycles. The Morgan fingerprint density at radius 3 is 2.37 bits per heavy atom. The molecule has 0 unspecified atom stereocenters. The van der Waals surface area contributed by atoms with Crippen molar-refractivity contribution in [3.8, 4) is 6.07 Å². The van der Waals surface area contributed by atoms with Gasteiger partial charge in [-0.25, -0.2) is 0 Å². The average molecular weight is 404 g/mol. The van der Waals surface area contributed by atoms with Crippen molar-refractivity contribution < 1.29 is 4.79 Å². The van der Waals surface area contributed by atoms with E-state index in [2.05, 4.69) is 38.2 Å². The molecule has 2 fully saturated rings. The Morgan fingerprint density at radius 2 is 1.60 bits per heavy atom. The topological polar surface area (TPSA) is 62.6 Å². The molecule has 0 atom stereocenters. The standard InChI is InChI=1S/C24H29N5O/c25-18-20-6-1-2-7-23(20)29-15-5-12-27(16-17-29)19-24(30)26-21-8-10-22(11-9-21)28-13-3-4-14-28/h1-2,6-11H,3-5,12-17,19H2,(H,26,30). The zero-order valence-corrected chi connectivity index (χ0v) is 17.4. The summed E-state index contributed by atoms with van der Waals surface area (Å²) < 4.78 is 0. The van der Waals surface area contributed by atoms with E-state index in [4.69, 9.17) is 0 Å². The quantitative estimate of drug-likeness (QED) is 0.830. The summed E-state index contributed by atoms with van der Waals surface area (Å²) in [6.45, 7) is 6.04. The molecule has 2 aromatic carbocycles. The Kier molecular flexibility index (Phi) is 6.50. The third-order valence-electron chi connectivity index (χ3n) is 5.94. The minimum absolute atomic E-state index is 0.0230. The third kappa shape index (κ3) is 4.92. The van der Waals surface area contributed by atoms with Gasteiger partial charge in [0.2, 0.25) is 5.91 Å². The molecule has 0 spiro atoms. The fourth-order valence-electron chi connectivity index (χ4n) is 4.35. The van der Waals surface area contributed by atoms with Gasteiger partial charge < -0.3 is 15.1 Å². The first kappa shape index (κ1) is 20.2. The molecule has 6 heteroatoms. The van der Waals surface area contributed by atoms with Crippen LogP contribution in [0, 0.1) is 11.3 Å². The molecular weight excluding hydrogens is 374 g/mol. The van der Waals surface area contributed by atoms with Crippen LogP contribution in [0.25, 0.3) is 0 Å². The van der Waals surface area contributed by atoms with E-state index >= 15 is 0 Å². The highest BCUT2D eigenvalue weighted by atomic mass is 16.2. The van der Waals surface area contributed by atoms with Gasteiger partial charge >= 0.3 is 0 Å². The van der Waals surface area contributed by atoms with Crippen LogP contribution in [0.3, 0.4) is 0 Å². The molecule has 0 radical (unpaired) electrons. The second kappa shape index (κ2) is 9.64. The van der Waals surface area contributed by atoms with E-state index in [1.165, 1.54) is 18.5 Å². The van der Waals surface area contributed by atoms with Crippen molar-refractivity contribution in [3.05, 3.63) is 54.1 Å². The molecular formula is C24H29N5O. The summed E-state index contributed by atoms with van der Waals surface area (Å²) in [7, 11) is 0. The smallest absolute Gasteiger partial charge is 0.238 e. The average Bonchev–Trinajstić information content (AvgIpc) is 3.21. The van der Waals surface area contributed by atoms with Gasteiger partial charge in [0.05, 0.1) is 17.8 Å². The van der Waals surface area contributed by atoms with Gasteiger partial charge in [-0.2, -0.15) is 5.26 Å². The van der Waals surface area contributed by atoms with Gasteiger partial charge in [-0.05, 0) is 55.7 Å². The fourth-order valence-corrected chi connectivity index (χ4v) is 4.35. The lowest BCUT2D eigenvalue weighted by molar-refractivity contribution is -0.117. The highest BCUT2D eigenvalue weighted by Crippen LogP contribution is 2.23. The summed E-state index contributed by atoms with van der Waals surface area (Å²) in [5.41, 5.74) is 3.78. The Balaban J connectivity index is 1.29. The number of nitrogens with zero attached hydrogens (tertiary/aromatic N) is 4. The summed E-state index contributed by atoms with van der Waals surface area (Å²) in [6.07, 6.45) is 3.49. The Bertz CT molecular complexity index is 899. The molecule has 0 saturated carbocycles. The molecule has 2 heterocycles. The van der Waals surface area contributed by atoms with Crippen LogP contribution in [0.5, 0.6) is 0 Å². The summed E-state index contributed by atoms with van der Waals surface area (Å²) in [6, 6.07) is 18.2. The maximum absolute atomic E-state index is 12.6. The lowest BCUT2D eigenvalue weighted by Crippen LogP contribution is -2.36. The van der Waals surface area contributed by atoms with Crippen molar-refractivity contribution in [2.75, 3.05) is 60.9 Å². The molecule has 0 aromatic heterocycles. The molecule has 1 N–H and O–H groups in total. The summed E-state index contributed by atoms with van der Waals surface area (Å²) in [4.78, 5) is 19.4. The number of benzene rings is 2. The van der Waals surface area contributed by atoms with E-state index in [-0.39, 0.29) is 5.91 Å². The van der Waals surface area contributed by atoms with Crippen molar-refractivity contribution in [2.45, 2.75) is 19.3 Å². The van der Waals surface area contributed by atoms with E-state index in [1.54, 1.807) is 0 Å². The summed E-state index contributed by atoms with van der Waals surface area (Å²) in [5.74, 6) is 0.0230. The third-order valence-corrected chi connectivity index (χ3v) is 5.94. The molecule has 2 aliphatic rings. The Hall–Kier alpha value is -3.04. The Labute approximate surface area is 178 Å². The summed E-state index contributed by atoms with van der Waals surface area (Å²) in [5, 5.41) is 12.4. The number of hydrogen-bond donors (Lipinski definition) is 1. The second-order valence-electron chi connectivity index (χ2n) is 8.03. The van der Waals surface area contributed by atoms with Crippen molar-refractivity contribution in [3.63, 3.8) is 0 Å². The van der Waals surface area contributed by atoms with Gasteiger partial charge in [0.25, 0.3) is 0 Å². The maximum atomic E-state index is 12.6. The van der Waals surface area contributed by atoms with E-state index in [9.17, 15) is 10.1 Å². The molecule has 6 nitrogen and oxygen atoms in total. The Morgan fingerprint density at radius 1 is 0.867 bits per heavy atom. The molecule has 30 heavy (non-hydrogen) atoms. The van der Waals surface area contributed by atoms with Crippen molar-refractivity contribution >= 4 is 23.0 Å². The zero-order valence-electron chi connectivity index (χ0n) is 17.4. The highest BCUT2D eigenvalue weighted by Gasteiger charge is 2.19. The van der Waals surface area contributed by atoms with Crippen molar-refractivity contribution in [1.29, 1.82) is 5.26 Å². The highest BCUT2D eigenvalue weighted by molar-refractivity contribution is 5.92. The second-order valence-corrected chi connectivity index (χ2v) is 8.03. The number of hydrogen-bond acceptors (Lipinski definition) is 5. The van der Waals surface area contributed by atoms with Crippen LogP contribution in [0.1, 0.15) is 24.8 Å². The number of anilines is 3. The fraction of sp³-hybridized carbons (Fsp3) is 0.417. The maximum Gasteiger partial charge on any atom is 0.238 e. The predicted molar refractivity (Wildman–Crippen MR) is 121 cm³/mol. The van der Waals surface area contributed by atoms with E-state index < -0.39 is 0 Å². The predicted octanol–water partition coefficient (Wildman–Crippen LogP) is 3.31. The van der Waals surface area contributed by atoms with Crippen LogP contribution in [0.4, 0.5) is 17.1 Å². The van der Waals surface area contributed by atoms with Crippen LogP contribution in [-0.2, 0) is 4.79 Å². The zero-order chi connectivity index (χ0) is 20.8. The first-order valence-corrected chi connectivity index (χ1v) is 10.8. The van der Waals surface area contributed by atoms with Gasteiger partial charge in [-0.3, -0.25) is 9.69 Å². The lowest BCUT2D eigenvalue weighted by atomic mass is 10.1. The van der Waals surface area contributed by atoms with Crippen LogP contribution in [-0.4, -0.2) is 56.6 Å². The van der Waals surface area contributed by atoms with Gasteiger partial charge in [0.15, 0.2) is 0 Å². The number of nitriles is 1. The minimum Gasteiger partial charge on any atom is -0.372 e. The van der Waals surface area contributed by atoms with E-state index in [0.29, 0.717) is 12.1 Å².